The van der Waals surface area contributed by atoms with Gasteiger partial charge in [0, 0.05) is 19.3 Å². The van der Waals surface area contributed by atoms with Gasteiger partial charge in [0.25, 0.3) is 0 Å². The zero-order chi connectivity index (χ0) is 13.4. The van der Waals surface area contributed by atoms with Crippen LogP contribution in [0.1, 0.15) is 18.9 Å². The normalized spacial score (nSPS) is 10.9. The van der Waals surface area contributed by atoms with Crippen LogP contribution in [-0.2, 0) is 6.42 Å². The van der Waals surface area contributed by atoms with Crippen molar-refractivity contribution in [2.24, 2.45) is 5.73 Å². The number of anilines is 1. The number of hydrogen-bond donors (Lipinski definition) is 2. The number of hydrogen-bond acceptors (Lipinski definition) is 2. The smallest absolute Gasteiger partial charge is 0.0340 e. The van der Waals surface area contributed by atoms with E-state index < -0.39 is 0 Å². The molecule has 0 aliphatic heterocycles. The van der Waals surface area contributed by atoms with Crippen LogP contribution in [0, 0.1) is 0 Å². The fourth-order valence-corrected chi connectivity index (χ4v) is 1.73. The van der Waals surface area contributed by atoms with E-state index in [0.717, 1.165) is 29.7 Å². The molecule has 0 atom stereocenters. The van der Waals surface area contributed by atoms with E-state index in [9.17, 15) is 0 Å². The molecular formula is C16H22N2. The summed E-state index contributed by atoms with van der Waals surface area (Å²) in [6.07, 6.45) is 4.00. The Kier molecular flexibility index (Phi) is 5.99. The minimum absolute atomic E-state index is 0.584. The lowest BCUT2D eigenvalue weighted by molar-refractivity contribution is 0.961. The van der Waals surface area contributed by atoms with Crippen molar-refractivity contribution < 1.29 is 0 Å². The maximum atomic E-state index is 5.58. The second kappa shape index (κ2) is 7.54. The van der Waals surface area contributed by atoms with Gasteiger partial charge in [-0.2, -0.15) is 0 Å². The van der Waals surface area contributed by atoms with Crippen molar-refractivity contribution in [3.8, 4) is 0 Å². The van der Waals surface area contributed by atoms with Crippen LogP contribution in [0.5, 0.6) is 0 Å². The van der Waals surface area contributed by atoms with Crippen LogP contribution < -0.4 is 11.1 Å². The standard InChI is InChI=1S/C16H22N2/c1-4-14(10-13(2)12-17)8-9-15-6-5-7-16(11-15)18-3/h5-7,10-11,18H,1,8-9,12,17H2,2-3H3. The Morgan fingerprint density at radius 2 is 2.28 bits per heavy atom. The van der Waals surface area contributed by atoms with E-state index in [0.29, 0.717) is 6.54 Å². The third-order valence-corrected chi connectivity index (χ3v) is 2.87. The summed E-state index contributed by atoms with van der Waals surface area (Å²) >= 11 is 0. The van der Waals surface area contributed by atoms with Crippen molar-refractivity contribution in [3.05, 3.63) is 59.4 Å². The SMILES string of the molecule is C=C=C(C=C(C)CN)CCc1cccc(NC)c1. The Morgan fingerprint density at radius 1 is 1.50 bits per heavy atom. The summed E-state index contributed by atoms with van der Waals surface area (Å²) in [7, 11) is 1.93. The van der Waals surface area contributed by atoms with Gasteiger partial charge in [0.05, 0.1) is 0 Å². The molecule has 0 saturated heterocycles. The van der Waals surface area contributed by atoms with Crippen LogP contribution in [-0.4, -0.2) is 13.6 Å². The first-order valence-corrected chi connectivity index (χ1v) is 6.22. The number of nitrogens with two attached hydrogens (primary N) is 1. The topological polar surface area (TPSA) is 38.0 Å². The lowest BCUT2D eigenvalue weighted by atomic mass is 10.0. The summed E-state index contributed by atoms with van der Waals surface area (Å²) in [6.45, 7) is 6.35. The highest BCUT2D eigenvalue weighted by Crippen LogP contribution is 2.14. The summed E-state index contributed by atoms with van der Waals surface area (Å²) < 4.78 is 0. The second-order valence-corrected chi connectivity index (χ2v) is 4.35. The molecule has 18 heavy (non-hydrogen) atoms. The number of allylic oxidation sites excluding steroid dienone is 2. The maximum Gasteiger partial charge on any atom is 0.0340 e. The first kappa shape index (κ1) is 14.3. The summed E-state index contributed by atoms with van der Waals surface area (Å²) in [6, 6.07) is 8.44. The molecule has 0 aliphatic carbocycles. The van der Waals surface area contributed by atoms with Crippen LogP contribution in [0.15, 0.2) is 53.8 Å². The van der Waals surface area contributed by atoms with Crippen LogP contribution in [0.3, 0.4) is 0 Å². The lowest BCUT2D eigenvalue weighted by Crippen LogP contribution is -2.00. The molecule has 1 aromatic rings. The van der Waals surface area contributed by atoms with Gasteiger partial charge >= 0.3 is 0 Å². The number of nitrogens with one attached hydrogen (secondary N) is 1. The molecule has 0 saturated carbocycles. The molecule has 0 unspecified atom stereocenters. The minimum atomic E-state index is 0.584. The summed E-state index contributed by atoms with van der Waals surface area (Å²) in [4.78, 5) is 0. The minimum Gasteiger partial charge on any atom is -0.388 e. The second-order valence-electron chi connectivity index (χ2n) is 4.35. The average Bonchev–Trinajstić information content (AvgIpc) is 2.43. The quantitative estimate of drug-likeness (QED) is 0.593. The summed E-state index contributed by atoms with van der Waals surface area (Å²) in [5.74, 6) is 0. The summed E-state index contributed by atoms with van der Waals surface area (Å²) in [5.41, 5.74) is 13.3. The van der Waals surface area contributed by atoms with Crippen molar-refractivity contribution in [1.29, 1.82) is 0 Å². The first-order valence-electron chi connectivity index (χ1n) is 6.22. The molecule has 0 bridgehead atoms. The molecule has 0 radical (unpaired) electrons. The monoisotopic (exact) mass is 242 g/mol. The van der Waals surface area contributed by atoms with Crippen molar-refractivity contribution >= 4 is 5.69 Å². The number of rotatable bonds is 6. The molecule has 0 spiro atoms. The van der Waals surface area contributed by atoms with Gasteiger partial charge in [-0.1, -0.05) is 30.4 Å². The zero-order valence-electron chi connectivity index (χ0n) is 11.3. The van der Waals surface area contributed by atoms with E-state index in [1.165, 1.54) is 5.56 Å². The third kappa shape index (κ3) is 4.62. The van der Waals surface area contributed by atoms with Crippen LogP contribution in [0.2, 0.25) is 0 Å². The molecule has 96 valence electrons. The van der Waals surface area contributed by atoms with Gasteiger partial charge < -0.3 is 11.1 Å². The predicted octanol–water partition coefficient (Wildman–Crippen LogP) is 3.28. The van der Waals surface area contributed by atoms with Gasteiger partial charge in [0.15, 0.2) is 0 Å². The lowest BCUT2D eigenvalue weighted by Gasteiger charge is -2.05. The summed E-state index contributed by atoms with van der Waals surface area (Å²) in [5, 5.41) is 3.15. The predicted molar refractivity (Wildman–Crippen MR) is 79.8 cm³/mol. The fourth-order valence-electron chi connectivity index (χ4n) is 1.73. The average molecular weight is 242 g/mol. The highest BCUT2D eigenvalue weighted by Gasteiger charge is 1.98. The zero-order valence-corrected chi connectivity index (χ0v) is 11.3. The van der Waals surface area contributed by atoms with E-state index in [-0.39, 0.29) is 0 Å². The van der Waals surface area contributed by atoms with E-state index in [4.69, 9.17) is 5.73 Å². The van der Waals surface area contributed by atoms with Crippen LogP contribution in [0.4, 0.5) is 5.69 Å². The van der Waals surface area contributed by atoms with Gasteiger partial charge in [0.1, 0.15) is 0 Å². The highest BCUT2D eigenvalue weighted by atomic mass is 14.8. The Hall–Kier alpha value is -1.76. The van der Waals surface area contributed by atoms with E-state index in [1.807, 2.05) is 14.0 Å². The van der Waals surface area contributed by atoms with E-state index in [2.05, 4.69) is 48.0 Å². The molecule has 1 rings (SSSR count). The molecular weight excluding hydrogens is 220 g/mol. The Balaban J connectivity index is 2.66. The molecule has 0 heterocycles. The molecule has 1 aromatic carbocycles. The third-order valence-electron chi connectivity index (χ3n) is 2.87. The molecule has 0 amide bonds. The van der Waals surface area contributed by atoms with Crippen molar-refractivity contribution in [2.75, 3.05) is 18.9 Å². The Morgan fingerprint density at radius 3 is 2.89 bits per heavy atom. The maximum absolute atomic E-state index is 5.58. The van der Waals surface area contributed by atoms with Crippen LogP contribution >= 0.6 is 0 Å². The molecule has 2 nitrogen and oxygen atoms in total. The van der Waals surface area contributed by atoms with E-state index in [1.54, 1.807) is 0 Å². The van der Waals surface area contributed by atoms with Crippen molar-refractivity contribution in [1.82, 2.24) is 0 Å². The van der Waals surface area contributed by atoms with Crippen molar-refractivity contribution in [3.63, 3.8) is 0 Å². The molecule has 0 aromatic heterocycles. The number of benzene rings is 1. The van der Waals surface area contributed by atoms with Gasteiger partial charge in [-0.3, -0.25) is 0 Å². The Labute approximate surface area is 110 Å². The largest absolute Gasteiger partial charge is 0.388 e. The van der Waals surface area contributed by atoms with Gasteiger partial charge in [-0.05, 0) is 43.0 Å². The first-order chi connectivity index (χ1) is 8.69. The molecule has 0 aliphatic rings. The van der Waals surface area contributed by atoms with Gasteiger partial charge in [0.2, 0.25) is 0 Å². The molecule has 3 N–H and O–H groups in total. The van der Waals surface area contributed by atoms with Gasteiger partial charge in [-0.25, -0.2) is 0 Å². The van der Waals surface area contributed by atoms with E-state index >= 15 is 0 Å². The Bertz CT molecular complexity index is 466. The molecule has 0 fully saturated rings. The molecule has 2 heteroatoms. The number of aryl methyl sites for hydroxylation is 1. The fraction of sp³-hybridized carbons (Fsp3) is 0.312. The van der Waals surface area contributed by atoms with Crippen LogP contribution in [0.25, 0.3) is 0 Å². The van der Waals surface area contributed by atoms with Crippen molar-refractivity contribution in [2.45, 2.75) is 19.8 Å². The highest BCUT2D eigenvalue weighted by molar-refractivity contribution is 5.45. The van der Waals surface area contributed by atoms with Gasteiger partial charge in [-0.15, -0.1) is 5.73 Å².